The minimum absolute atomic E-state index is 0.0191. The van der Waals surface area contributed by atoms with Crippen molar-refractivity contribution >= 4 is 28.8 Å². The van der Waals surface area contributed by atoms with Crippen molar-refractivity contribution in [2.24, 2.45) is 5.92 Å². The zero-order chi connectivity index (χ0) is 18.1. The predicted molar refractivity (Wildman–Crippen MR) is 89.7 cm³/mol. The molecule has 1 rings (SSSR count). The minimum atomic E-state index is -0.643. The Kier molecular flexibility index (Phi) is 7.74. The number of Topliss-reactive ketones (excluding diaryl/α,β-unsaturated/α-hetero) is 2. The third-order valence-electron chi connectivity index (χ3n) is 3.62. The molecule has 0 unspecified atom stereocenters. The first-order valence-electron chi connectivity index (χ1n) is 7.98. The molecule has 7 nitrogen and oxygen atoms in total. The normalized spacial score (nSPS) is 11.6. The number of ketones is 2. The molecule has 24 heavy (non-hydrogen) atoms. The number of nitro benzene ring substituents is 1. The van der Waals surface area contributed by atoms with Crippen LogP contribution in [0.25, 0.3) is 0 Å². The van der Waals surface area contributed by atoms with Crippen molar-refractivity contribution in [3.05, 3.63) is 34.4 Å². The van der Waals surface area contributed by atoms with Crippen LogP contribution >= 0.6 is 0 Å². The summed E-state index contributed by atoms with van der Waals surface area (Å²) in [5.41, 5.74) is 0.177. The van der Waals surface area contributed by atoms with Gasteiger partial charge in [0.05, 0.1) is 10.8 Å². The number of nitrogens with one attached hydrogen (secondary N) is 1. The maximum atomic E-state index is 12.1. The molecular formula is C17H22N2O5. The Morgan fingerprint density at radius 2 is 1.79 bits per heavy atom. The van der Waals surface area contributed by atoms with E-state index in [9.17, 15) is 24.5 Å². The molecule has 0 aliphatic heterocycles. The molecule has 1 N–H and O–H groups in total. The molecule has 130 valence electrons. The summed E-state index contributed by atoms with van der Waals surface area (Å²) in [5, 5.41) is 13.2. The van der Waals surface area contributed by atoms with E-state index in [4.69, 9.17) is 0 Å². The van der Waals surface area contributed by atoms with Crippen LogP contribution in [0.3, 0.4) is 0 Å². The van der Waals surface area contributed by atoms with Crippen LogP contribution in [-0.2, 0) is 14.4 Å². The monoisotopic (exact) mass is 334 g/mol. The van der Waals surface area contributed by atoms with Crippen LogP contribution in [0.15, 0.2) is 24.3 Å². The van der Waals surface area contributed by atoms with Gasteiger partial charge in [0.25, 0.3) is 5.69 Å². The Hall–Kier alpha value is -2.57. The van der Waals surface area contributed by atoms with Crippen LogP contribution in [0.1, 0.15) is 46.0 Å². The van der Waals surface area contributed by atoms with Gasteiger partial charge in [0.15, 0.2) is 0 Å². The first-order chi connectivity index (χ1) is 11.4. The molecule has 0 bridgehead atoms. The van der Waals surface area contributed by atoms with Crippen LogP contribution in [-0.4, -0.2) is 22.4 Å². The Morgan fingerprint density at radius 3 is 2.38 bits per heavy atom. The molecule has 0 heterocycles. The van der Waals surface area contributed by atoms with Crippen LogP contribution in [0.4, 0.5) is 11.4 Å². The lowest BCUT2D eigenvalue weighted by Gasteiger charge is -2.12. The zero-order valence-electron chi connectivity index (χ0n) is 13.9. The highest BCUT2D eigenvalue weighted by atomic mass is 16.6. The maximum absolute atomic E-state index is 12.1. The lowest BCUT2D eigenvalue weighted by Crippen LogP contribution is -2.24. The fraction of sp³-hybridized carbons (Fsp3) is 0.471. The molecule has 0 aliphatic rings. The van der Waals surface area contributed by atoms with E-state index in [1.807, 2.05) is 6.92 Å². The van der Waals surface area contributed by atoms with Gasteiger partial charge in [-0.15, -0.1) is 0 Å². The van der Waals surface area contributed by atoms with Gasteiger partial charge >= 0.3 is 0 Å². The molecule has 0 aliphatic carbocycles. The average molecular weight is 334 g/mol. The second kappa shape index (κ2) is 9.54. The molecule has 0 saturated heterocycles. The molecule has 1 aromatic carbocycles. The first-order valence-corrected chi connectivity index (χ1v) is 7.98. The maximum Gasteiger partial charge on any atom is 0.271 e. The number of carbonyl (C=O) groups excluding carboxylic acids is 3. The number of amides is 1. The Labute approximate surface area is 140 Å². The fourth-order valence-electron chi connectivity index (χ4n) is 2.39. The summed E-state index contributed by atoms with van der Waals surface area (Å²) in [5.74, 6) is -1.37. The molecule has 0 radical (unpaired) electrons. The fourth-order valence-corrected chi connectivity index (χ4v) is 2.39. The summed E-state index contributed by atoms with van der Waals surface area (Å²) in [7, 11) is 0. The summed E-state index contributed by atoms with van der Waals surface area (Å²) in [6, 6.07) is 5.57. The molecule has 0 saturated carbocycles. The lowest BCUT2D eigenvalue weighted by atomic mass is 9.91. The molecular weight excluding hydrogens is 312 g/mol. The van der Waals surface area contributed by atoms with E-state index in [-0.39, 0.29) is 30.1 Å². The van der Waals surface area contributed by atoms with Crippen LogP contribution < -0.4 is 5.32 Å². The number of nitrogens with zero attached hydrogens (tertiary/aromatic N) is 1. The van der Waals surface area contributed by atoms with Gasteiger partial charge in [-0.05, 0) is 18.9 Å². The van der Waals surface area contributed by atoms with E-state index in [2.05, 4.69) is 5.32 Å². The number of anilines is 1. The van der Waals surface area contributed by atoms with Gasteiger partial charge in [0.1, 0.15) is 11.6 Å². The largest absolute Gasteiger partial charge is 0.326 e. The number of hydrogen-bond donors (Lipinski definition) is 1. The Bertz CT molecular complexity index is 627. The van der Waals surface area contributed by atoms with Crippen LogP contribution in [0.2, 0.25) is 0 Å². The highest BCUT2D eigenvalue weighted by Gasteiger charge is 2.23. The molecule has 0 fully saturated rings. The van der Waals surface area contributed by atoms with Gasteiger partial charge < -0.3 is 5.32 Å². The quantitative estimate of drug-likeness (QED) is 0.401. The van der Waals surface area contributed by atoms with Gasteiger partial charge in [-0.1, -0.05) is 19.9 Å². The zero-order valence-corrected chi connectivity index (χ0v) is 13.9. The standard InChI is InChI=1S/C17H22N2O5/c1-3-6-15(20)14(4-2)16(21)9-10-17(22)18-12-7-5-8-13(11-12)19(23)24/h5,7-8,11,14H,3-4,6,9-10H2,1-2H3,(H,18,22)/t14-/m0/s1. The van der Waals surface area contributed by atoms with Crippen molar-refractivity contribution < 1.29 is 19.3 Å². The summed E-state index contributed by atoms with van der Waals surface area (Å²) >= 11 is 0. The van der Waals surface area contributed by atoms with E-state index < -0.39 is 16.7 Å². The second-order valence-corrected chi connectivity index (χ2v) is 5.50. The van der Waals surface area contributed by atoms with Crippen molar-refractivity contribution in [2.75, 3.05) is 5.32 Å². The Balaban J connectivity index is 2.56. The number of rotatable bonds is 10. The molecule has 7 heteroatoms. The third kappa shape index (κ3) is 5.91. The van der Waals surface area contributed by atoms with E-state index in [0.717, 1.165) is 0 Å². The second-order valence-electron chi connectivity index (χ2n) is 5.50. The summed E-state index contributed by atoms with van der Waals surface area (Å²) < 4.78 is 0. The van der Waals surface area contributed by atoms with E-state index in [1.54, 1.807) is 6.92 Å². The minimum Gasteiger partial charge on any atom is -0.326 e. The number of carbonyl (C=O) groups is 3. The number of non-ortho nitro benzene ring substituents is 1. The topological polar surface area (TPSA) is 106 Å². The molecule has 1 amide bonds. The average Bonchev–Trinajstić information content (AvgIpc) is 2.54. The smallest absolute Gasteiger partial charge is 0.271 e. The van der Waals surface area contributed by atoms with Crippen molar-refractivity contribution in [3.8, 4) is 0 Å². The van der Waals surface area contributed by atoms with Crippen molar-refractivity contribution in [2.45, 2.75) is 46.0 Å². The van der Waals surface area contributed by atoms with Gasteiger partial charge in [-0.3, -0.25) is 24.5 Å². The summed E-state index contributed by atoms with van der Waals surface area (Å²) in [4.78, 5) is 46.0. The van der Waals surface area contributed by atoms with Crippen LogP contribution in [0, 0.1) is 16.0 Å². The van der Waals surface area contributed by atoms with Crippen molar-refractivity contribution in [1.82, 2.24) is 0 Å². The van der Waals surface area contributed by atoms with Gasteiger partial charge in [0, 0.05) is 37.1 Å². The SMILES string of the molecule is CCCC(=O)[C@H](CC)C(=O)CCC(=O)Nc1cccc([N+](=O)[O-])c1. The van der Waals surface area contributed by atoms with E-state index >= 15 is 0 Å². The number of nitro groups is 1. The van der Waals surface area contributed by atoms with Crippen molar-refractivity contribution in [3.63, 3.8) is 0 Å². The summed E-state index contributed by atoms with van der Waals surface area (Å²) in [6.45, 7) is 3.65. The molecule has 1 atom stereocenters. The molecule has 0 aromatic heterocycles. The molecule has 1 aromatic rings. The number of hydrogen-bond acceptors (Lipinski definition) is 5. The van der Waals surface area contributed by atoms with E-state index in [1.165, 1.54) is 24.3 Å². The highest BCUT2D eigenvalue weighted by molar-refractivity contribution is 6.03. The number of benzene rings is 1. The highest BCUT2D eigenvalue weighted by Crippen LogP contribution is 2.18. The van der Waals surface area contributed by atoms with E-state index in [0.29, 0.717) is 24.9 Å². The lowest BCUT2D eigenvalue weighted by molar-refractivity contribution is -0.384. The first kappa shape index (κ1) is 19.5. The van der Waals surface area contributed by atoms with Gasteiger partial charge in [0.2, 0.25) is 5.91 Å². The van der Waals surface area contributed by atoms with Gasteiger partial charge in [-0.2, -0.15) is 0 Å². The third-order valence-corrected chi connectivity index (χ3v) is 3.62. The molecule has 0 spiro atoms. The van der Waals surface area contributed by atoms with Gasteiger partial charge in [-0.25, -0.2) is 0 Å². The Morgan fingerprint density at radius 1 is 1.12 bits per heavy atom. The van der Waals surface area contributed by atoms with Crippen LogP contribution in [0.5, 0.6) is 0 Å². The summed E-state index contributed by atoms with van der Waals surface area (Å²) in [6.07, 6.45) is 1.41. The van der Waals surface area contributed by atoms with Crippen molar-refractivity contribution in [1.29, 1.82) is 0 Å². The predicted octanol–water partition coefficient (Wildman–Crippen LogP) is 3.28.